The number of hydrogen-bond donors (Lipinski definition) is 1. The van der Waals surface area contributed by atoms with Gasteiger partial charge in [0.05, 0.1) is 6.04 Å². The fourth-order valence-electron chi connectivity index (χ4n) is 2.39. The van der Waals surface area contributed by atoms with Crippen LogP contribution in [0.15, 0.2) is 0 Å². The summed E-state index contributed by atoms with van der Waals surface area (Å²) in [4.78, 5) is 13.5. The maximum atomic E-state index is 11.7. The van der Waals surface area contributed by atoms with Crippen LogP contribution in [0, 0.1) is 5.41 Å². The number of nitrogens with one attached hydrogen (secondary N) is 1. The van der Waals surface area contributed by atoms with Gasteiger partial charge in [-0.2, -0.15) is 0 Å². The minimum Gasteiger partial charge on any atom is -0.344 e. The Labute approximate surface area is 85.8 Å². The van der Waals surface area contributed by atoms with Crippen LogP contribution in [-0.2, 0) is 4.79 Å². The Kier molecular flexibility index (Phi) is 2.30. The van der Waals surface area contributed by atoms with Crippen molar-refractivity contribution in [3.05, 3.63) is 0 Å². The summed E-state index contributed by atoms with van der Waals surface area (Å²) >= 11 is 0. The first-order chi connectivity index (χ1) is 6.50. The van der Waals surface area contributed by atoms with Crippen molar-refractivity contribution in [1.82, 2.24) is 10.2 Å². The molecule has 2 atom stereocenters. The summed E-state index contributed by atoms with van der Waals surface area (Å²) in [5.41, 5.74) is 0.390. The molecule has 1 heterocycles. The van der Waals surface area contributed by atoms with Crippen LogP contribution in [0.2, 0.25) is 0 Å². The van der Waals surface area contributed by atoms with Crippen molar-refractivity contribution in [2.75, 3.05) is 13.6 Å². The van der Waals surface area contributed by atoms with E-state index >= 15 is 0 Å². The fraction of sp³-hybridized carbons (Fsp3) is 0.909. The largest absolute Gasteiger partial charge is 0.344 e. The third-order valence-electron chi connectivity index (χ3n) is 3.85. The summed E-state index contributed by atoms with van der Waals surface area (Å²) in [5, 5.41) is 3.49. The highest BCUT2D eigenvalue weighted by molar-refractivity contribution is 5.83. The summed E-state index contributed by atoms with van der Waals surface area (Å²) in [5.74, 6) is 0.271. The van der Waals surface area contributed by atoms with Crippen LogP contribution in [0.4, 0.5) is 0 Å². The zero-order valence-corrected chi connectivity index (χ0v) is 9.34. The van der Waals surface area contributed by atoms with E-state index in [4.69, 9.17) is 0 Å². The monoisotopic (exact) mass is 196 g/mol. The first kappa shape index (κ1) is 9.97. The van der Waals surface area contributed by atoms with Crippen molar-refractivity contribution in [2.45, 2.75) is 45.2 Å². The van der Waals surface area contributed by atoms with E-state index in [9.17, 15) is 4.79 Å². The van der Waals surface area contributed by atoms with E-state index in [1.54, 1.807) is 0 Å². The number of rotatable bonds is 2. The molecule has 3 heteroatoms. The van der Waals surface area contributed by atoms with Gasteiger partial charge in [0.2, 0.25) is 5.91 Å². The molecule has 1 saturated carbocycles. The van der Waals surface area contributed by atoms with Gasteiger partial charge in [-0.05, 0) is 24.7 Å². The molecular formula is C11H20N2O. The highest BCUT2D eigenvalue weighted by atomic mass is 16.2. The molecule has 3 nitrogen and oxygen atoms in total. The standard InChI is InChI=1S/C11H20N2O/c1-11(2)6-4-9(11)12-8-5-7-13(3)10(8)14/h8-9,12H,4-7H2,1-3H3. The lowest BCUT2D eigenvalue weighted by Crippen LogP contribution is -2.55. The number of likely N-dealkylation sites (tertiary alicyclic amines) is 1. The van der Waals surface area contributed by atoms with Crippen molar-refractivity contribution in [1.29, 1.82) is 0 Å². The maximum Gasteiger partial charge on any atom is 0.239 e. The van der Waals surface area contributed by atoms with E-state index < -0.39 is 0 Å². The highest BCUT2D eigenvalue weighted by Gasteiger charge is 2.41. The fourth-order valence-corrected chi connectivity index (χ4v) is 2.39. The quantitative estimate of drug-likeness (QED) is 0.714. The number of carbonyl (C=O) groups excluding carboxylic acids is 1. The van der Waals surface area contributed by atoms with Crippen LogP contribution in [0.3, 0.4) is 0 Å². The molecule has 2 aliphatic rings. The van der Waals surface area contributed by atoms with Crippen LogP contribution in [-0.4, -0.2) is 36.5 Å². The van der Waals surface area contributed by atoms with E-state index in [2.05, 4.69) is 19.2 Å². The van der Waals surface area contributed by atoms with Crippen molar-refractivity contribution in [3.8, 4) is 0 Å². The maximum absolute atomic E-state index is 11.7. The molecule has 1 aliphatic heterocycles. The minimum atomic E-state index is 0.0876. The van der Waals surface area contributed by atoms with Crippen LogP contribution < -0.4 is 5.32 Å². The Morgan fingerprint density at radius 2 is 2.14 bits per heavy atom. The van der Waals surface area contributed by atoms with Gasteiger partial charge >= 0.3 is 0 Å². The topological polar surface area (TPSA) is 32.3 Å². The van der Waals surface area contributed by atoms with E-state index in [0.29, 0.717) is 11.5 Å². The molecule has 1 saturated heterocycles. The predicted molar refractivity (Wildman–Crippen MR) is 56.0 cm³/mol. The SMILES string of the molecule is CN1CCC(NC2CCC2(C)C)C1=O. The smallest absolute Gasteiger partial charge is 0.239 e. The van der Waals surface area contributed by atoms with Gasteiger partial charge in [0, 0.05) is 19.6 Å². The second-order valence-electron chi connectivity index (χ2n) is 5.35. The number of nitrogens with zero attached hydrogens (tertiary/aromatic N) is 1. The van der Waals surface area contributed by atoms with Gasteiger partial charge in [0.25, 0.3) is 0 Å². The summed E-state index contributed by atoms with van der Waals surface area (Å²) in [6.45, 7) is 5.46. The molecule has 1 amide bonds. The van der Waals surface area contributed by atoms with Gasteiger partial charge in [-0.25, -0.2) is 0 Å². The lowest BCUT2D eigenvalue weighted by atomic mass is 9.67. The molecule has 2 fully saturated rings. The van der Waals surface area contributed by atoms with Crippen LogP contribution in [0.5, 0.6) is 0 Å². The Balaban J connectivity index is 1.90. The normalized spacial score (nSPS) is 35.9. The highest BCUT2D eigenvalue weighted by Crippen LogP contribution is 2.40. The molecule has 80 valence electrons. The third kappa shape index (κ3) is 1.54. The van der Waals surface area contributed by atoms with Crippen LogP contribution in [0.1, 0.15) is 33.1 Å². The molecule has 0 bridgehead atoms. The van der Waals surface area contributed by atoms with Gasteiger partial charge in [0.15, 0.2) is 0 Å². The average Bonchev–Trinajstić information content (AvgIpc) is 2.43. The molecule has 0 aromatic carbocycles. The first-order valence-corrected chi connectivity index (χ1v) is 5.52. The molecule has 2 rings (SSSR count). The second kappa shape index (κ2) is 3.23. The Morgan fingerprint density at radius 1 is 1.43 bits per heavy atom. The zero-order valence-electron chi connectivity index (χ0n) is 9.34. The Bertz CT molecular complexity index is 250. The Morgan fingerprint density at radius 3 is 2.50 bits per heavy atom. The van der Waals surface area contributed by atoms with Crippen LogP contribution in [0.25, 0.3) is 0 Å². The van der Waals surface area contributed by atoms with Gasteiger partial charge in [-0.1, -0.05) is 13.8 Å². The van der Waals surface area contributed by atoms with Crippen molar-refractivity contribution in [2.24, 2.45) is 5.41 Å². The van der Waals surface area contributed by atoms with Gasteiger partial charge in [-0.3, -0.25) is 4.79 Å². The van der Waals surface area contributed by atoms with Crippen molar-refractivity contribution in [3.63, 3.8) is 0 Å². The number of amides is 1. The molecular weight excluding hydrogens is 176 g/mol. The summed E-state index contributed by atoms with van der Waals surface area (Å²) in [6, 6.07) is 0.632. The predicted octanol–water partition coefficient (Wildman–Crippen LogP) is 0.995. The van der Waals surface area contributed by atoms with E-state index in [1.807, 2.05) is 11.9 Å². The molecule has 0 spiro atoms. The summed E-state index contributed by atoms with van der Waals surface area (Å²) < 4.78 is 0. The van der Waals surface area contributed by atoms with E-state index in [-0.39, 0.29) is 11.9 Å². The van der Waals surface area contributed by atoms with Gasteiger partial charge in [0.1, 0.15) is 0 Å². The van der Waals surface area contributed by atoms with Crippen molar-refractivity contribution >= 4 is 5.91 Å². The molecule has 0 radical (unpaired) electrons. The van der Waals surface area contributed by atoms with E-state index in [1.165, 1.54) is 12.8 Å². The van der Waals surface area contributed by atoms with Crippen molar-refractivity contribution < 1.29 is 4.79 Å². The zero-order chi connectivity index (χ0) is 10.3. The number of hydrogen-bond acceptors (Lipinski definition) is 2. The average molecular weight is 196 g/mol. The molecule has 2 unspecified atom stereocenters. The number of carbonyl (C=O) groups is 1. The molecule has 1 aliphatic carbocycles. The molecule has 0 aromatic heterocycles. The van der Waals surface area contributed by atoms with Crippen LogP contribution >= 0.6 is 0 Å². The number of likely N-dealkylation sites (N-methyl/N-ethyl adjacent to an activating group) is 1. The first-order valence-electron chi connectivity index (χ1n) is 5.52. The lowest BCUT2D eigenvalue weighted by Gasteiger charge is -2.46. The van der Waals surface area contributed by atoms with Gasteiger partial charge in [-0.15, -0.1) is 0 Å². The second-order valence-corrected chi connectivity index (χ2v) is 5.35. The molecule has 0 aromatic rings. The Hall–Kier alpha value is -0.570. The molecule has 1 N–H and O–H groups in total. The molecule has 14 heavy (non-hydrogen) atoms. The lowest BCUT2D eigenvalue weighted by molar-refractivity contribution is -0.128. The minimum absolute atomic E-state index is 0.0876. The van der Waals surface area contributed by atoms with E-state index in [0.717, 1.165) is 13.0 Å². The van der Waals surface area contributed by atoms with Gasteiger partial charge < -0.3 is 10.2 Å². The summed E-state index contributed by atoms with van der Waals surface area (Å²) in [6.07, 6.45) is 3.48. The summed E-state index contributed by atoms with van der Waals surface area (Å²) in [7, 11) is 1.88. The third-order valence-corrected chi connectivity index (χ3v) is 3.85.